The predicted octanol–water partition coefficient (Wildman–Crippen LogP) is 3.83. The number of nitrogens with zero attached hydrogens (tertiary/aromatic N) is 5. The Labute approximate surface area is 146 Å². The highest BCUT2D eigenvalue weighted by molar-refractivity contribution is 5.77. The van der Waals surface area contributed by atoms with E-state index in [0.717, 1.165) is 39.5 Å². The maximum absolute atomic E-state index is 4.83. The fourth-order valence-corrected chi connectivity index (χ4v) is 2.84. The van der Waals surface area contributed by atoms with E-state index in [2.05, 4.69) is 36.3 Å². The van der Waals surface area contributed by atoms with E-state index in [1.54, 1.807) is 4.52 Å². The number of aryl methyl sites for hydroxylation is 1. The Hall–Kier alpha value is -3.21. The second kappa shape index (κ2) is 6.02. The SMILES string of the molecule is Cc1cc(-c2cnn3ccc(-c4ccccc4)nc23)nc(N(C)C)c1. The van der Waals surface area contributed by atoms with Crippen LogP contribution in [-0.4, -0.2) is 33.7 Å². The van der Waals surface area contributed by atoms with E-state index in [0.29, 0.717) is 0 Å². The van der Waals surface area contributed by atoms with E-state index in [1.807, 2.05) is 55.7 Å². The molecule has 0 bridgehead atoms. The highest BCUT2D eigenvalue weighted by Crippen LogP contribution is 2.26. The average Bonchev–Trinajstić information content (AvgIpc) is 3.05. The van der Waals surface area contributed by atoms with Gasteiger partial charge in [0, 0.05) is 25.9 Å². The fourth-order valence-electron chi connectivity index (χ4n) is 2.84. The Morgan fingerprint density at radius 3 is 2.48 bits per heavy atom. The van der Waals surface area contributed by atoms with Crippen molar-refractivity contribution in [1.29, 1.82) is 0 Å². The molecule has 0 spiro atoms. The van der Waals surface area contributed by atoms with E-state index in [-0.39, 0.29) is 0 Å². The normalized spacial score (nSPS) is 11.0. The number of hydrogen-bond donors (Lipinski definition) is 0. The van der Waals surface area contributed by atoms with Crippen molar-refractivity contribution in [2.75, 3.05) is 19.0 Å². The van der Waals surface area contributed by atoms with Gasteiger partial charge in [-0.25, -0.2) is 14.5 Å². The first-order valence-electron chi connectivity index (χ1n) is 8.18. The maximum Gasteiger partial charge on any atom is 0.164 e. The van der Waals surface area contributed by atoms with Gasteiger partial charge in [-0.3, -0.25) is 0 Å². The molecule has 4 aromatic rings. The molecule has 0 amide bonds. The van der Waals surface area contributed by atoms with Gasteiger partial charge in [-0.15, -0.1) is 0 Å². The summed E-state index contributed by atoms with van der Waals surface area (Å²) < 4.78 is 1.79. The topological polar surface area (TPSA) is 46.3 Å². The molecule has 0 radical (unpaired) electrons. The Kier molecular flexibility index (Phi) is 3.69. The van der Waals surface area contributed by atoms with Crippen molar-refractivity contribution in [3.8, 4) is 22.5 Å². The van der Waals surface area contributed by atoms with E-state index in [9.17, 15) is 0 Å². The van der Waals surface area contributed by atoms with Gasteiger partial charge in [0.15, 0.2) is 5.65 Å². The molecule has 0 unspecified atom stereocenters. The number of pyridine rings is 1. The van der Waals surface area contributed by atoms with E-state index >= 15 is 0 Å². The first-order chi connectivity index (χ1) is 12.1. The van der Waals surface area contributed by atoms with Crippen molar-refractivity contribution in [2.24, 2.45) is 0 Å². The van der Waals surface area contributed by atoms with Gasteiger partial charge in [0.2, 0.25) is 0 Å². The molecule has 0 saturated heterocycles. The molecule has 3 heterocycles. The van der Waals surface area contributed by atoms with Crippen LogP contribution in [0.25, 0.3) is 28.2 Å². The molecule has 0 aliphatic carbocycles. The lowest BCUT2D eigenvalue weighted by atomic mass is 10.1. The van der Waals surface area contributed by atoms with Gasteiger partial charge < -0.3 is 4.90 Å². The Bertz CT molecular complexity index is 1030. The number of fused-ring (bicyclic) bond motifs is 1. The number of anilines is 1. The van der Waals surface area contributed by atoms with Crippen LogP contribution in [0.2, 0.25) is 0 Å². The monoisotopic (exact) mass is 329 g/mol. The molecule has 5 heteroatoms. The number of benzene rings is 1. The van der Waals surface area contributed by atoms with Crippen molar-refractivity contribution in [2.45, 2.75) is 6.92 Å². The van der Waals surface area contributed by atoms with Crippen molar-refractivity contribution >= 4 is 11.5 Å². The molecule has 4 rings (SSSR count). The van der Waals surface area contributed by atoms with Crippen LogP contribution in [0.5, 0.6) is 0 Å². The van der Waals surface area contributed by atoms with Gasteiger partial charge in [0.25, 0.3) is 0 Å². The fraction of sp³-hybridized carbons (Fsp3) is 0.150. The van der Waals surface area contributed by atoms with Crippen LogP contribution in [0.1, 0.15) is 5.56 Å². The van der Waals surface area contributed by atoms with Crippen LogP contribution in [0.3, 0.4) is 0 Å². The molecular formula is C20H19N5. The van der Waals surface area contributed by atoms with Crippen LogP contribution < -0.4 is 4.90 Å². The first-order valence-corrected chi connectivity index (χ1v) is 8.18. The average molecular weight is 329 g/mol. The van der Waals surface area contributed by atoms with E-state index < -0.39 is 0 Å². The van der Waals surface area contributed by atoms with Gasteiger partial charge in [-0.1, -0.05) is 30.3 Å². The summed E-state index contributed by atoms with van der Waals surface area (Å²) in [7, 11) is 3.99. The molecule has 1 aromatic carbocycles. The van der Waals surface area contributed by atoms with Gasteiger partial charge in [0.1, 0.15) is 5.82 Å². The Morgan fingerprint density at radius 1 is 0.920 bits per heavy atom. The molecule has 0 atom stereocenters. The number of rotatable bonds is 3. The van der Waals surface area contributed by atoms with Gasteiger partial charge >= 0.3 is 0 Å². The summed E-state index contributed by atoms with van der Waals surface area (Å²) >= 11 is 0. The lowest BCUT2D eigenvalue weighted by molar-refractivity contribution is 0.941. The molecule has 25 heavy (non-hydrogen) atoms. The molecule has 3 aromatic heterocycles. The van der Waals surface area contributed by atoms with Crippen molar-refractivity contribution in [1.82, 2.24) is 19.6 Å². The third-order valence-electron chi connectivity index (χ3n) is 4.13. The van der Waals surface area contributed by atoms with Crippen LogP contribution in [-0.2, 0) is 0 Å². The van der Waals surface area contributed by atoms with Crippen molar-refractivity contribution in [3.05, 3.63) is 66.5 Å². The molecule has 0 aliphatic heterocycles. The molecule has 124 valence electrons. The Morgan fingerprint density at radius 2 is 1.72 bits per heavy atom. The summed E-state index contributed by atoms with van der Waals surface area (Å²) in [5, 5.41) is 4.43. The minimum absolute atomic E-state index is 0.809. The van der Waals surface area contributed by atoms with Crippen LogP contribution in [0, 0.1) is 6.92 Å². The third-order valence-corrected chi connectivity index (χ3v) is 4.13. The summed E-state index contributed by atoms with van der Waals surface area (Å²) in [6.07, 6.45) is 3.77. The molecule has 0 saturated carbocycles. The van der Waals surface area contributed by atoms with Crippen LogP contribution >= 0.6 is 0 Å². The first kappa shape index (κ1) is 15.3. The molecular weight excluding hydrogens is 310 g/mol. The van der Waals surface area contributed by atoms with Gasteiger partial charge in [-0.2, -0.15) is 5.10 Å². The quantitative estimate of drug-likeness (QED) is 0.573. The van der Waals surface area contributed by atoms with Crippen LogP contribution in [0.15, 0.2) is 60.9 Å². The molecule has 0 aliphatic rings. The van der Waals surface area contributed by atoms with Crippen molar-refractivity contribution in [3.63, 3.8) is 0 Å². The maximum atomic E-state index is 4.83. The zero-order chi connectivity index (χ0) is 17.4. The minimum atomic E-state index is 0.809. The second-order valence-electron chi connectivity index (χ2n) is 6.29. The number of aromatic nitrogens is 4. The van der Waals surface area contributed by atoms with E-state index in [1.165, 1.54) is 0 Å². The summed E-state index contributed by atoms with van der Waals surface area (Å²) in [6, 6.07) is 16.3. The zero-order valence-electron chi connectivity index (χ0n) is 14.5. The largest absolute Gasteiger partial charge is 0.363 e. The summed E-state index contributed by atoms with van der Waals surface area (Å²) in [4.78, 5) is 11.6. The number of hydrogen-bond acceptors (Lipinski definition) is 4. The highest BCUT2D eigenvalue weighted by atomic mass is 15.2. The predicted molar refractivity (Wildman–Crippen MR) is 101 cm³/mol. The smallest absolute Gasteiger partial charge is 0.164 e. The van der Waals surface area contributed by atoms with Crippen LogP contribution in [0.4, 0.5) is 5.82 Å². The molecule has 5 nitrogen and oxygen atoms in total. The summed E-state index contributed by atoms with van der Waals surface area (Å²) in [5.74, 6) is 0.925. The third kappa shape index (κ3) is 2.85. The highest BCUT2D eigenvalue weighted by Gasteiger charge is 2.13. The van der Waals surface area contributed by atoms with Gasteiger partial charge in [-0.05, 0) is 30.7 Å². The molecule has 0 N–H and O–H groups in total. The lowest BCUT2D eigenvalue weighted by Crippen LogP contribution is -2.11. The minimum Gasteiger partial charge on any atom is -0.363 e. The van der Waals surface area contributed by atoms with Crippen molar-refractivity contribution < 1.29 is 0 Å². The van der Waals surface area contributed by atoms with Gasteiger partial charge in [0.05, 0.1) is 23.1 Å². The zero-order valence-corrected chi connectivity index (χ0v) is 14.5. The standard InChI is InChI=1S/C20H19N5/c1-14-11-18(22-19(12-14)24(2)3)16-13-21-25-10-9-17(23-20(16)25)15-7-5-4-6-8-15/h4-13H,1-3H3. The summed E-state index contributed by atoms with van der Waals surface area (Å²) in [5.41, 5.74) is 5.80. The van der Waals surface area contributed by atoms with E-state index in [4.69, 9.17) is 9.97 Å². The summed E-state index contributed by atoms with van der Waals surface area (Å²) in [6.45, 7) is 2.08. The lowest BCUT2D eigenvalue weighted by Gasteiger charge is -2.13. The Balaban J connectivity index is 1.88. The molecule has 0 fully saturated rings. The second-order valence-corrected chi connectivity index (χ2v) is 6.29.